The van der Waals surface area contributed by atoms with E-state index in [-0.39, 0.29) is 12.2 Å². The van der Waals surface area contributed by atoms with Gasteiger partial charge in [0.2, 0.25) is 0 Å². The first-order valence-corrected chi connectivity index (χ1v) is 15.2. The average molecular weight is 574 g/mol. The molecule has 0 saturated carbocycles. The quantitative estimate of drug-likeness (QED) is 0.308. The molecule has 2 fully saturated rings. The summed E-state index contributed by atoms with van der Waals surface area (Å²) in [4.78, 5) is 4.71. The molecule has 3 aliphatic heterocycles. The number of nitrogens with zero attached hydrogens (tertiary/aromatic N) is 2. The Hall–Kier alpha value is -3.46. The topological polar surface area (TPSA) is 64.7 Å². The standard InChI is InChI=1S/C34H43N3O5/c1-38-17-4-15-36-16-18-40-33-12-7-25(19-32(33)36)24-41-34-21-35-14-13-31(34)26-8-10-28(11-9-26)42-30-22-37(23-30)27-5-3-6-29(20-27)39-2/h3,5-12,19-20,30-31,34-35H,4,13-18,21-24H2,1-2H3/t31-,34+/m1/s1. The van der Waals surface area contributed by atoms with Crippen LogP contribution in [0.2, 0.25) is 0 Å². The van der Waals surface area contributed by atoms with Crippen LogP contribution >= 0.6 is 0 Å². The van der Waals surface area contributed by atoms with Gasteiger partial charge < -0.3 is 38.8 Å². The summed E-state index contributed by atoms with van der Waals surface area (Å²) in [6, 6.07) is 23.3. The smallest absolute Gasteiger partial charge is 0.142 e. The van der Waals surface area contributed by atoms with Crippen LogP contribution in [0.5, 0.6) is 17.2 Å². The molecule has 0 aromatic heterocycles. The van der Waals surface area contributed by atoms with Crippen LogP contribution in [0.4, 0.5) is 11.4 Å². The highest BCUT2D eigenvalue weighted by Crippen LogP contribution is 2.34. The van der Waals surface area contributed by atoms with E-state index in [2.05, 4.69) is 69.7 Å². The first-order valence-electron chi connectivity index (χ1n) is 15.2. The van der Waals surface area contributed by atoms with Crippen molar-refractivity contribution in [2.24, 2.45) is 0 Å². The third-order valence-corrected chi connectivity index (χ3v) is 8.53. The minimum atomic E-state index is 0.110. The normalized spacial score (nSPS) is 20.4. The number of hydrogen-bond donors (Lipinski definition) is 1. The maximum atomic E-state index is 6.56. The van der Waals surface area contributed by atoms with Gasteiger partial charge >= 0.3 is 0 Å². The van der Waals surface area contributed by atoms with Crippen molar-refractivity contribution in [2.45, 2.75) is 37.6 Å². The Balaban J connectivity index is 1.03. The number of piperidine rings is 1. The minimum Gasteiger partial charge on any atom is -0.497 e. The van der Waals surface area contributed by atoms with Crippen molar-refractivity contribution < 1.29 is 23.7 Å². The summed E-state index contributed by atoms with van der Waals surface area (Å²) in [5.74, 6) is 3.10. The van der Waals surface area contributed by atoms with E-state index in [0.717, 1.165) is 88.3 Å². The molecule has 42 heavy (non-hydrogen) atoms. The van der Waals surface area contributed by atoms with Crippen molar-refractivity contribution in [3.63, 3.8) is 0 Å². The summed E-state index contributed by atoms with van der Waals surface area (Å²) >= 11 is 0. The van der Waals surface area contributed by atoms with E-state index >= 15 is 0 Å². The van der Waals surface area contributed by atoms with E-state index < -0.39 is 0 Å². The average Bonchev–Trinajstić information content (AvgIpc) is 3.02. The van der Waals surface area contributed by atoms with Gasteiger partial charge in [0, 0.05) is 44.5 Å². The van der Waals surface area contributed by atoms with Crippen LogP contribution < -0.4 is 29.3 Å². The second kappa shape index (κ2) is 13.7. The Labute approximate surface area is 249 Å². The lowest BCUT2D eigenvalue weighted by Gasteiger charge is -2.40. The van der Waals surface area contributed by atoms with Crippen LogP contribution in [-0.2, 0) is 16.1 Å². The van der Waals surface area contributed by atoms with Crippen molar-refractivity contribution >= 4 is 11.4 Å². The summed E-state index contributed by atoms with van der Waals surface area (Å²) in [7, 11) is 3.46. The molecule has 8 nitrogen and oxygen atoms in total. The highest BCUT2D eigenvalue weighted by atomic mass is 16.5. The lowest BCUT2D eigenvalue weighted by Crippen LogP contribution is -2.54. The second-order valence-electron chi connectivity index (χ2n) is 11.3. The van der Waals surface area contributed by atoms with Gasteiger partial charge in [-0.25, -0.2) is 0 Å². The van der Waals surface area contributed by atoms with Gasteiger partial charge in [0.1, 0.15) is 30.0 Å². The molecule has 224 valence electrons. The molecule has 3 aromatic rings. The summed E-state index contributed by atoms with van der Waals surface area (Å²) in [5.41, 5.74) is 4.81. The number of hydrogen-bond acceptors (Lipinski definition) is 8. The van der Waals surface area contributed by atoms with Crippen LogP contribution in [0, 0.1) is 0 Å². The Kier molecular flexibility index (Phi) is 9.33. The molecule has 0 aliphatic carbocycles. The zero-order valence-corrected chi connectivity index (χ0v) is 24.8. The molecule has 6 rings (SSSR count). The van der Waals surface area contributed by atoms with Gasteiger partial charge in [-0.3, -0.25) is 0 Å². The van der Waals surface area contributed by atoms with Gasteiger partial charge in [0.05, 0.1) is 45.1 Å². The molecule has 0 amide bonds. The molecule has 1 N–H and O–H groups in total. The second-order valence-corrected chi connectivity index (χ2v) is 11.3. The van der Waals surface area contributed by atoms with E-state index in [1.54, 1.807) is 14.2 Å². The van der Waals surface area contributed by atoms with Crippen LogP contribution in [0.3, 0.4) is 0 Å². The van der Waals surface area contributed by atoms with Gasteiger partial charge in [0.15, 0.2) is 0 Å². The number of nitrogens with one attached hydrogen (secondary N) is 1. The van der Waals surface area contributed by atoms with E-state index in [9.17, 15) is 0 Å². The predicted octanol–water partition coefficient (Wildman–Crippen LogP) is 4.86. The SMILES string of the molecule is COCCCN1CCOc2ccc(CO[C@H]3CNCC[C@@H]3c3ccc(OC4CN(c5cccc(OC)c5)C4)cc3)cc21. The summed E-state index contributed by atoms with van der Waals surface area (Å²) in [5, 5.41) is 3.53. The molecular weight excluding hydrogens is 530 g/mol. The van der Waals surface area contributed by atoms with Crippen molar-refractivity contribution in [3.8, 4) is 17.2 Å². The maximum absolute atomic E-state index is 6.56. The van der Waals surface area contributed by atoms with Crippen LogP contribution in [0.15, 0.2) is 66.7 Å². The van der Waals surface area contributed by atoms with Crippen molar-refractivity contribution in [1.29, 1.82) is 0 Å². The molecule has 2 saturated heterocycles. The molecule has 2 atom stereocenters. The Morgan fingerprint density at radius 3 is 2.69 bits per heavy atom. The lowest BCUT2D eigenvalue weighted by molar-refractivity contribution is 0.0106. The third kappa shape index (κ3) is 6.77. The largest absolute Gasteiger partial charge is 0.497 e. The zero-order chi connectivity index (χ0) is 28.7. The van der Waals surface area contributed by atoms with Crippen molar-refractivity contribution in [1.82, 2.24) is 5.32 Å². The number of anilines is 2. The van der Waals surface area contributed by atoms with E-state index in [1.165, 1.54) is 16.8 Å². The molecule has 0 unspecified atom stereocenters. The monoisotopic (exact) mass is 573 g/mol. The van der Waals surface area contributed by atoms with Gasteiger partial charge in [-0.1, -0.05) is 24.3 Å². The van der Waals surface area contributed by atoms with Gasteiger partial charge in [-0.05, 0) is 66.9 Å². The highest BCUT2D eigenvalue weighted by molar-refractivity contribution is 5.61. The van der Waals surface area contributed by atoms with Gasteiger partial charge in [0.25, 0.3) is 0 Å². The predicted molar refractivity (Wildman–Crippen MR) is 166 cm³/mol. The van der Waals surface area contributed by atoms with Crippen molar-refractivity contribution in [2.75, 3.05) is 76.5 Å². The molecule has 8 heteroatoms. The lowest BCUT2D eigenvalue weighted by atomic mass is 9.87. The Morgan fingerprint density at radius 1 is 0.976 bits per heavy atom. The molecule has 0 bridgehead atoms. The minimum absolute atomic E-state index is 0.110. The maximum Gasteiger partial charge on any atom is 0.142 e. The van der Waals surface area contributed by atoms with Crippen LogP contribution in [0.25, 0.3) is 0 Å². The summed E-state index contributed by atoms with van der Waals surface area (Å²) < 4.78 is 29.4. The summed E-state index contributed by atoms with van der Waals surface area (Å²) in [6.45, 7) is 7.52. The van der Waals surface area contributed by atoms with Crippen molar-refractivity contribution in [3.05, 3.63) is 77.9 Å². The fraction of sp³-hybridized carbons (Fsp3) is 0.471. The fourth-order valence-electron chi connectivity index (χ4n) is 6.15. The Bertz CT molecular complexity index is 1300. The molecule has 3 heterocycles. The highest BCUT2D eigenvalue weighted by Gasteiger charge is 2.30. The number of rotatable bonds is 12. The van der Waals surface area contributed by atoms with E-state index in [1.807, 2.05) is 12.1 Å². The molecule has 0 radical (unpaired) electrons. The Morgan fingerprint density at radius 2 is 1.86 bits per heavy atom. The van der Waals surface area contributed by atoms with Gasteiger partial charge in [-0.2, -0.15) is 0 Å². The number of fused-ring (bicyclic) bond motifs is 1. The first-order chi connectivity index (χ1) is 20.7. The van der Waals surface area contributed by atoms with E-state index in [0.29, 0.717) is 12.5 Å². The first kappa shape index (κ1) is 28.6. The summed E-state index contributed by atoms with van der Waals surface area (Å²) in [6.07, 6.45) is 2.35. The fourth-order valence-corrected chi connectivity index (χ4v) is 6.15. The van der Waals surface area contributed by atoms with Crippen LogP contribution in [0.1, 0.15) is 29.9 Å². The molecule has 0 spiro atoms. The zero-order valence-electron chi connectivity index (χ0n) is 24.8. The van der Waals surface area contributed by atoms with Crippen LogP contribution in [-0.4, -0.2) is 78.9 Å². The molecule has 3 aliphatic rings. The van der Waals surface area contributed by atoms with Gasteiger partial charge in [-0.15, -0.1) is 0 Å². The third-order valence-electron chi connectivity index (χ3n) is 8.53. The van der Waals surface area contributed by atoms with E-state index in [4.69, 9.17) is 23.7 Å². The number of ether oxygens (including phenoxy) is 5. The molecular formula is C34H43N3O5. The number of methoxy groups -OCH3 is 2. The number of benzene rings is 3. The molecule has 3 aromatic carbocycles.